The fourth-order valence-corrected chi connectivity index (χ4v) is 1.87. The molecule has 0 aliphatic carbocycles. The first-order valence-corrected chi connectivity index (χ1v) is 5.20. The molecule has 1 rings (SSSR count). The Labute approximate surface area is 85.8 Å². The molecule has 0 bridgehead atoms. The lowest BCUT2D eigenvalue weighted by molar-refractivity contribution is 0.111. The van der Waals surface area contributed by atoms with Crippen LogP contribution in [0.5, 0.6) is 0 Å². The van der Waals surface area contributed by atoms with Crippen molar-refractivity contribution >= 4 is 6.09 Å². The first kappa shape index (κ1) is 11.3. The average molecular weight is 200 g/mol. The quantitative estimate of drug-likeness (QED) is 0.682. The van der Waals surface area contributed by atoms with E-state index < -0.39 is 0 Å². The normalized spacial score (nSPS) is 22.4. The van der Waals surface area contributed by atoms with E-state index in [1.807, 2.05) is 6.92 Å². The van der Waals surface area contributed by atoms with Crippen molar-refractivity contribution in [2.45, 2.75) is 13.3 Å². The van der Waals surface area contributed by atoms with Crippen molar-refractivity contribution < 1.29 is 9.53 Å². The number of carbonyl (C=O) groups excluding carboxylic acids is 1. The fraction of sp³-hybridized carbons (Fsp3) is 0.900. The number of likely N-dealkylation sites (tertiary alicyclic amines) is 1. The summed E-state index contributed by atoms with van der Waals surface area (Å²) in [7, 11) is 3.92. The van der Waals surface area contributed by atoms with Crippen LogP contribution in [0.25, 0.3) is 0 Å². The van der Waals surface area contributed by atoms with Gasteiger partial charge in [0.1, 0.15) is 0 Å². The number of carbonyl (C=O) groups is 1. The summed E-state index contributed by atoms with van der Waals surface area (Å²) in [5.74, 6) is 0.606. The molecule has 1 amide bonds. The lowest BCUT2D eigenvalue weighted by Crippen LogP contribution is -2.33. The summed E-state index contributed by atoms with van der Waals surface area (Å²) in [4.78, 5) is 15.3. The van der Waals surface area contributed by atoms with Gasteiger partial charge in [0.2, 0.25) is 0 Å². The van der Waals surface area contributed by atoms with Crippen molar-refractivity contribution in [3.05, 3.63) is 0 Å². The van der Waals surface area contributed by atoms with Gasteiger partial charge < -0.3 is 14.5 Å². The molecule has 0 aromatic rings. The predicted octanol–water partition coefficient (Wildman–Crippen LogP) is 1.03. The second kappa shape index (κ2) is 5.20. The van der Waals surface area contributed by atoms with Crippen LogP contribution in [0.4, 0.5) is 4.79 Å². The van der Waals surface area contributed by atoms with E-state index >= 15 is 0 Å². The van der Waals surface area contributed by atoms with Gasteiger partial charge in [-0.15, -0.1) is 0 Å². The van der Waals surface area contributed by atoms with Crippen molar-refractivity contribution in [2.24, 2.45) is 5.92 Å². The average Bonchev–Trinajstić information content (AvgIpc) is 2.51. The number of amides is 1. The van der Waals surface area contributed by atoms with E-state index in [1.54, 1.807) is 11.9 Å². The van der Waals surface area contributed by atoms with Crippen molar-refractivity contribution in [3.63, 3.8) is 0 Å². The Morgan fingerprint density at radius 3 is 2.86 bits per heavy atom. The highest BCUT2D eigenvalue weighted by atomic mass is 16.5. The van der Waals surface area contributed by atoms with Gasteiger partial charge in [-0.05, 0) is 32.9 Å². The largest absolute Gasteiger partial charge is 0.450 e. The summed E-state index contributed by atoms with van der Waals surface area (Å²) >= 11 is 0. The second-order valence-electron chi connectivity index (χ2n) is 4.00. The predicted molar refractivity (Wildman–Crippen MR) is 55.3 cm³/mol. The van der Waals surface area contributed by atoms with E-state index in [2.05, 4.69) is 11.9 Å². The number of nitrogens with zero attached hydrogens (tertiary/aromatic N) is 2. The van der Waals surface area contributed by atoms with E-state index in [-0.39, 0.29) is 6.09 Å². The smallest absolute Gasteiger partial charge is 0.409 e. The molecule has 1 fully saturated rings. The highest BCUT2D eigenvalue weighted by Crippen LogP contribution is 2.15. The van der Waals surface area contributed by atoms with Gasteiger partial charge in [-0.3, -0.25) is 0 Å². The van der Waals surface area contributed by atoms with Gasteiger partial charge in [0, 0.05) is 20.1 Å². The molecule has 1 atom stereocenters. The van der Waals surface area contributed by atoms with E-state index in [0.29, 0.717) is 12.5 Å². The first-order chi connectivity index (χ1) is 6.63. The zero-order chi connectivity index (χ0) is 10.6. The molecule has 0 radical (unpaired) electrons. The van der Waals surface area contributed by atoms with Gasteiger partial charge in [-0.25, -0.2) is 4.79 Å². The summed E-state index contributed by atoms with van der Waals surface area (Å²) in [6, 6.07) is 0. The molecule has 1 saturated heterocycles. The van der Waals surface area contributed by atoms with Gasteiger partial charge in [-0.2, -0.15) is 0 Å². The van der Waals surface area contributed by atoms with Crippen LogP contribution in [0.3, 0.4) is 0 Å². The van der Waals surface area contributed by atoms with Crippen molar-refractivity contribution in [1.82, 2.24) is 9.80 Å². The summed E-state index contributed by atoms with van der Waals surface area (Å²) < 4.78 is 4.91. The van der Waals surface area contributed by atoms with Gasteiger partial charge >= 0.3 is 6.09 Å². The molecule has 0 spiro atoms. The monoisotopic (exact) mass is 200 g/mol. The van der Waals surface area contributed by atoms with Gasteiger partial charge in [-0.1, -0.05) is 0 Å². The Balaban J connectivity index is 2.26. The third-order valence-electron chi connectivity index (χ3n) is 2.60. The molecule has 1 unspecified atom stereocenters. The topological polar surface area (TPSA) is 32.8 Å². The summed E-state index contributed by atoms with van der Waals surface area (Å²) in [5, 5.41) is 0. The number of ether oxygens (including phenoxy) is 1. The standard InChI is InChI=1S/C10H20N2O2/c1-4-14-10(13)12(3)8-9-5-6-11(2)7-9/h9H,4-8H2,1-3H3. The number of hydrogen-bond acceptors (Lipinski definition) is 3. The molecule has 4 heteroatoms. The zero-order valence-electron chi connectivity index (χ0n) is 9.32. The maximum atomic E-state index is 11.3. The summed E-state index contributed by atoms with van der Waals surface area (Å²) in [6.07, 6.45) is 0.974. The molecule has 82 valence electrons. The lowest BCUT2D eigenvalue weighted by atomic mass is 10.1. The fourth-order valence-electron chi connectivity index (χ4n) is 1.87. The first-order valence-electron chi connectivity index (χ1n) is 5.20. The third kappa shape index (κ3) is 3.18. The van der Waals surface area contributed by atoms with Crippen LogP contribution in [-0.4, -0.2) is 56.2 Å². The Kier molecular flexibility index (Phi) is 4.20. The van der Waals surface area contributed by atoms with Crippen LogP contribution in [0.1, 0.15) is 13.3 Å². The summed E-state index contributed by atoms with van der Waals surface area (Å²) in [6.45, 7) is 5.32. The number of rotatable bonds is 3. The Morgan fingerprint density at radius 1 is 1.64 bits per heavy atom. The van der Waals surface area contributed by atoms with Crippen LogP contribution in [0.2, 0.25) is 0 Å². The van der Waals surface area contributed by atoms with E-state index in [4.69, 9.17) is 4.74 Å². The van der Waals surface area contributed by atoms with Gasteiger partial charge in [0.25, 0.3) is 0 Å². The van der Waals surface area contributed by atoms with E-state index in [0.717, 1.165) is 19.6 Å². The maximum Gasteiger partial charge on any atom is 0.409 e. The molecule has 14 heavy (non-hydrogen) atoms. The highest BCUT2D eigenvalue weighted by molar-refractivity contribution is 5.67. The minimum Gasteiger partial charge on any atom is -0.450 e. The van der Waals surface area contributed by atoms with Crippen LogP contribution in [0, 0.1) is 5.92 Å². The van der Waals surface area contributed by atoms with Gasteiger partial charge in [0.05, 0.1) is 6.61 Å². The van der Waals surface area contributed by atoms with E-state index in [1.165, 1.54) is 6.42 Å². The second-order valence-corrected chi connectivity index (χ2v) is 4.00. The molecule has 0 aromatic carbocycles. The van der Waals surface area contributed by atoms with Crippen molar-refractivity contribution in [1.29, 1.82) is 0 Å². The van der Waals surface area contributed by atoms with Crippen LogP contribution in [-0.2, 0) is 4.74 Å². The van der Waals surface area contributed by atoms with Crippen LogP contribution >= 0.6 is 0 Å². The Morgan fingerprint density at radius 2 is 2.36 bits per heavy atom. The van der Waals surface area contributed by atoms with Crippen LogP contribution < -0.4 is 0 Å². The Hall–Kier alpha value is -0.770. The zero-order valence-corrected chi connectivity index (χ0v) is 9.32. The molecule has 0 saturated carbocycles. The molecule has 0 N–H and O–H groups in total. The summed E-state index contributed by atoms with van der Waals surface area (Å²) in [5.41, 5.74) is 0. The van der Waals surface area contributed by atoms with Gasteiger partial charge in [0.15, 0.2) is 0 Å². The van der Waals surface area contributed by atoms with Crippen LogP contribution in [0.15, 0.2) is 0 Å². The maximum absolute atomic E-state index is 11.3. The van der Waals surface area contributed by atoms with E-state index in [9.17, 15) is 4.79 Å². The lowest BCUT2D eigenvalue weighted by Gasteiger charge is -2.20. The number of hydrogen-bond donors (Lipinski definition) is 0. The molecule has 0 aromatic heterocycles. The molecular weight excluding hydrogens is 180 g/mol. The Bertz CT molecular complexity index is 197. The SMILES string of the molecule is CCOC(=O)N(C)CC1CCN(C)C1. The third-order valence-corrected chi connectivity index (χ3v) is 2.60. The molecule has 1 heterocycles. The molecular formula is C10H20N2O2. The molecule has 4 nitrogen and oxygen atoms in total. The minimum absolute atomic E-state index is 0.206. The molecule has 1 aliphatic heterocycles. The van der Waals surface area contributed by atoms with Crippen molar-refractivity contribution in [3.8, 4) is 0 Å². The minimum atomic E-state index is -0.206. The molecule has 1 aliphatic rings. The highest BCUT2D eigenvalue weighted by Gasteiger charge is 2.22. The van der Waals surface area contributed by atoms with Crippen molar-refractivity contribution in [2.75, 3.05) is 40.3 Å².